The molecule has 0 N–H and O–H groups in total. The van der Waals surface area contributed by atoms with Crippen molar-refractivity contribution in [3.05, 3.63) is 0 Å². The largest absolute Gasteiger partial charge is 0.378 e. The van der Waals surface area contributed by atoms with Gasteiger partial charge in [0.05, 0.1) is 18.3 Å². The summed E-state index contributed by atoms with van der Waals surface area (Å²) in [7, 11) is 0. The lowest BCUT2D eigenvalue weighted by atomic mass is 9.75. The average molecular weight is 377 g/mol. The Morgan fingerprint density at radius 3 is 2.44 bits per heavy atom. The SMILES string of the molecule is CCCC1(CCCCC2CCC3OC3C2)CCC(C2CCC(CC)CO2)C1. The van der Waals surface area contributed by atoms with Gasteiger partial charge in [0.1, 0.15) is 0 Å². The van der Waals surface area contributed by atoms with Crippen LogP contribution in [0.3, 0.4) is 0 Å². The van der Waals surface area contributed by atoms with Crippen LogP contribution in [0.4, 0.5) is 0 Å². The minimum absolute atomic E-state index is 0.584. The van der Waals surface area contributed by atoms with Gasteiger partial charge in [-0.15, -0.1) is 0 Å². The molecule has 0 bridgehead atoms. The number of epoxide rings is 1. The third kappa shape index (κ3) is 5.10. The average Bonchev–Trinajstić information content (AvgIpc) is 3.36. The lowest BCUT2D eigenvalue weighted by Crippen LogP contribution is -2.31. The summed E-state index contributed by atoms with van der Waals surface area (Å²) in [6.45, 7) is 5.75. The molecular formula is C25H44O2. The number of hydrogen-bond acceptors (Lipinski definition) is 2. The van der Waals surface area contributed by atoms with Crippen LogP contribution in [0.25, 0.3) is 0 Å². The highest BCUT2D eigenvalue weighted by Crippen LogP contribution is 2.51. The Kier molecular flexibility index (Phi) is 6.85. The zero-order chi connectivity index (χ0) is 18.7. The van der Waals surface area contributed by atoms with Crippen LogP contribution >= 0.6 is 0 Å². The van der Waals surface area contributed by atoms with Gasteiger partial charge < -0.3 is 9.47 Å². The van der Waals surface area contributed by atoms with E-state index in [1.54, 1.807) is 0 Å². The maximum atomic E-state index is 6.34. The summed E-state index contributed by atoms with van der Waals surface area (Å²) in [4.78, 5) is 0. The van der Waals surface area contributed by atoms with Crippen LogP contribution in [0.5, 0.6) is 0 Å². The van der Waals surface area contributed by atoms with Crippen LogP contribution in [0, 0.1) is 23.2 Å². The van der Waals surface area contributed by atoms with Crippen molar-refractivity contribution in [1.29, 1.82) is 0 Å². The quantitative estimate of drug-likeness (QED) is 0.322. The van der Waals surface area contributed by atoms with Gasteiger partial charge in [0.15, 0.2) is 0 Å². The van der Waals surface area contributed by atoms with Crippen LogP contribution < -0.4 is 0 Å². The summed E-state index contributed by atoms with van der Waals surface area (Å²) in [6, 6.07) is 0. The van der Waals surface area contributed by atoms with Crippen molar-refractivity contribution in [2.75, 3.05) is 6.61 Å². The first kappa shape index (κ1) is 20.2. The van der Waals surface area contributed by atoms with E-state index in [1.165, 1.54) is 96.3 Å². The molecule has 27 heavy (non-hydrogen) atoms. The molecule has 0 amide bonds. The molecule has 4 fully saturated rings. The fraction of sp³-hybridized carbons (Fsp3) is 1.00. The Labute approximate surface area is 168 Å². The summed E-state index contributed by atoms with van der Waals surface area (Å²) in [5, 5.41) is 0. The van der Waals surface area contributed by atoms with Gasteiger partial charge in [-0.05, 0) is 87.4 Å². The molecule has 2 heterocycles. The van der Waals surface area contributed by atoms with E-state index in [-0.39, 0.29) is 0 Å². The highest BCUT2D eigenvalue weighted by molar-refractivity contribution is 4.94. The predicted molar refractivity (Wildman–Crippen MR) is 112 cm³/mol. The molecule has 2 saturated carbocycles. The molecule has 7 unspecified atom stereocenters. The molecule has 7 atom stereocenters. The van der Waals surface area contributed by atoms with Crippen molar-refractivity contribution in [2.24, 2.45) is 23.2 Å². The maximum absolute atomic E-state index is 6.34. The second kappa shape index (κ2) is 9.16. The minimum Gasteiger partial charge on any atom is -0.378 e. The number of unbranched alkanes of at least 4 members (excludes halogenated alkanes) is 1. The van der Waals surface area contributed by atoms with Crippen LogP contribution in [0.15, 0.2) is 0 Å². The van der Waals surface area contributed by atoms with Crippen molar-refractivity contribution in [2.45, 2.75) is 128 Å². The Bertz CT molecular complexity index is 455. The van der Waals surface area contributed by atoms with Gasteiger partial charge in [-0.2, -0.15) is 0 Å². The van der Waals surface area contributed by atoms with Crippen molar-refractivity contribution >= 4 is 0 Å². The predicted octanol–water partition coefficient (Wildman–Crippen LogP) is 6.91. The molecule has 2 nitrogen and oxygen atoms in total. The van der Waals surface area contributed by atoms with Crippen molar-refractivity contribution < 1.29 is 9.47 Å². The Balaban J connectivity index is 1.20. The summed E-state index contributed by atoms with van der Waals surface area (Å²) < 4.78 is 12.1. The fourth-order valence-electron chi connectivity index (χ4n) is 6.88. The van der Waals surface area contributed by atoms with Crippen molar-refractivity contribution in [3.8, 4) is 0 Å². The highest BCUT2D eigenvalue weighted by atomic mass is 16.6. The van der Waals surface area contributed by atoms with E-state index in [0.29, 0.717) is 23.7 Å². The van der Waals surface area contributed by atoms with Crippen LogP contribution in [-0.4, -0.2) is 24.9 Å². The summed E-state index contributed by atoms with van der Waals surface area (Å²) in [6.07, 6.45) is 23.1. The van der Waals surface area contributed by atoms with E-state index in [0.717, 1.165) is 24.4 Å². The molecule has 0 radical (unpaired) electrons. The number of ether oxygens (including phenoxy) is 2. The molecule has 2 heteroatoms. The molecule has 2 saturated heterocycles. The third-order valence-electron chi connectivity index (χ3n) is 8.71. The molecule has 2 aliphatic carbocycles. The molecule has 156 valence electrons. The Morgan fingerprint density at radius 1 is 0.852 bits per heavy atom. The van der Waals surface area contributed by atoms with E-state index in [2.05, 4.69) is 13.8 Å². The summed E-state index contributed by atoms with van der Waals surface area (Å²) >= 11 is 0. The summed E-state index contributed by atoms with van der Waals surface area (Å²) in [5.74, 6) is 2.66. The number of hydrogen-bond donors (Lipinski definition) is 0. The zero-order valence-corrected chi connectivity index (χ0v) is 18.1. The van der Waals surface area contributed by atoms with E-state index in [4.69, 9.17) is 9.47 Å². The van der Waals surface area contributed by atoms with Gasteiger partial charge in [-0.3, -0.25) is 0 Å². The lowest BCUT2D eigenvalue weighted by molar-refractivity contribution is -0.0492. The van der Waals surface area contributed by atoms with Crippen molar-refractivity contribution in [3.63, 3.8) is 0 Å². The number of rotatable bonds is 9. The van der Waals surface area contributed by atoms with Crippen molar-refractivity contribution in [1.82, 2.24) is 0 Å². The van der Waals surface area contributed by atoms with E-state index in [1.807, 2.05) is 0 Å². The molecule has 0 aromatic heterocycles. The highest BCUT2D eigenvalue weighted by Gasteiger charge is 2.44. The molecule has 0 aromatic carbocycles. The van der Waals surface area contributed by atoms with E-state index < -0.39 is 0 Å². The van der Waals surface area contributed by atoms with E-state index >= 15 is 0 Å². The topological polar surface area (TPSA) is 21.8 Å². The molecular weight excluding hydrogens is 332 g/mol. The van der Waals surface area contributed by atoms with Gasteiger partial charge in [0, 0.05) is 6.61 Å². The smallest absolute Gasteiger partial charge is 0.0844 e. The molecule has 4 rings (SSSR count). The third-order valence-corrected chi connectivity index (χ3v) is 8.71. The van der Waals surface area contributed by atoms with Crippen LogP contribution in [0.1, 0.15) is 110 Å². The zero-order valence-electron chi connectivity index (χ0n) is 18.1. The van der Waals surface area contributed by atoms with Gasteiger partial charge in [0.2, 0.25) is 0 Å². The van der Waals surface area contributed by atoms with Gasteiger partial charge in [-0.25, -0.2) is 0 Å². The molecule has 0 spiro atoms. The second-order valence-corrected chi connectivity index (χ2v) is 10.6. The van der Waals surface area contributed by atoms with Crippen LogP contribution in [-0.2, 0) is 9.47 Å². The first-order valence-electron chi connectivity index (χ1n) is 12.5. The fourth-order valence-corrected chi connectivity index (χ4v) is 6.88. The van der Waals surface area contributed by atoms with Gasteiger partial charge in [-0.1, -0.05) is 46.0 Å². The summed E-state index contributed by atoms with van der Waals surface area (Å²) in [5.41, 5.74) is 0.654. The normalized spacial score (nSPS) is 44.2. The minimum atomic E-state index is 0.584. The van der Waals surface area contributed by atoms with Gasteiger partial charge in [0.25, 0.3) is 0 Å². The second-order valence-electron chi connectivity index (χ2n) is 10.6. The van der Waals surface area contributed by atoms with Crippen LogP contribution in [0.2, 0.25) is 0 Å². The molecule has 2 aliphatic heterocycles. The maximum Gasteiger partial charge on any atom is 0.0844 e. The Morgan fingerprint density at radius 2 is 1.70 bits per heavy atom. The first-order valence-corrected chi connectivity index (χ1v) is 12.5. The Hall–Kier alpha value is -0.0800. The number of fused-ring (bicyclic) bond motifs is 1. The van der Waals surface area contributed by atoms with Gasteiger partial charge >= 0.3 is 0 Å². The monoisotopic (exact) mass is 376 g/mol. The standard InChI is InChI=1S/C25H44O2/c1-3-13-25(14-6-5-7-20-9-11-23-24(16-20)27-23)15-12-21(17-25)22-10-8-19(4-2)18-26-22/h19-24H,3-18H2,1-2H3. The molecule has 0 aromatic rings. The van der Waals surface area contributed by atoms with E-state index in [9.17, 15) is 0 Å². The lowest BCUT2D eigenvalue weighted by Gasteiger charge is -2.34. The molecule has 4 aliphatic rings. The first-order chi connectivity index (χ1) is 13.2.